The monoisotopic (exact) mass is 109 g/mol. The molecule has 0 heterocycles. The van der Waals surface area contributed by atoms with Crippen LogP contribution in [0.2, 0.25) is 0 Å². The Morgan fingerprint density at radius 3 is 1.33 bits per heavy atom. The third-order valence-electron chi connectivity index (χ3n) is 0. The largest absolute Gasteiger partial charge is 2.00 e. The zero-order chi connectivity index (χ0) is 3.58. The molecule has 5 heteroatoms. The van der Waals surface area contributed by atoms with Gasteiger partial charge >= 0.3 is 58.8 Å². The Hall–Kier alpha value is 1.04. The van der Waals surface area contributed by atoms with Gasteiger partial charge in [-0.3, -0.25) is 0 Å². The summed E-state index contributed by atoms with van der Waals surface area (Å²) < 4.78 is 0. The van der Waals surface area contributed by atoms with E-state index in [1.807, 2.05) is 0 Å². The maximum Gasteiger partial charge on any atom is 2.00 e. The van der Waals surface area contributed by atoms with Crippen molar-refractivity contribution in [1.29, 1.82) is 0 Å². The minimum atomic E-state index is -1.83. The Kier molecular flexibility index (Phi) is 24.6. The number of rotatable bonds is 0. The number of hydrogen-bond acceptors (Lipinski definition) is 1. The first kappa shape index (κ1) is 15.7. The van der Waals surface area contributed by atoms with Crippen LogP contribution in [0.1, 0.15) is 0 Å². The van der Waals surface area contributed by atoms with Crippen molar-refractivity contribution in [2.45, 2.75) is 0 Å². The first-order chi connectivity index (χ1) is 1.73. The smallest absolute Gasteiger partial charge is 0.450 e. The fourth-order valence-electron chi connectivity index (χ4n) is 0. The van der Waals surface area contributed by atoms with E-state index >= 15 is 0 Å². The maximum atomic E-state index is 8.56. The first-order valence-corrected chi connectivity index (χ1v) is 0.651. The van der Waals surface area contributed by atoms with Crippen molar-refractivity contribution in [2.24, 2.45) is 0 Å². The van der Waals surface area contributed by atoms with E-state index in [9.17, 15) is 0 Å². The summed E-state index contributed by atoms with van der Waals surface area (Å²) in [7, 11) is 0. The topological polar surface area (TPSA) is 57.5 Å². The molecule has 24 valence electrons. The predicted molar refractivity (Wildman–Crippen MR) is 16.4 cm³/mol. The summed E-state index contributed by atoms with van der Waals surface area (Å²) in [5.41, 5.74) is 0. The fraction of sp³-hybridized carbons (Fsp3) is 0. The Morgan fingerprint density at radius 1 is 1.33 bits per heavy atom. The second kappa shape index (κ2) is 9.40. The molecule has 0 aromatic carbocycles. The van der Waals surface area contributed by atoms with Crippen LogP contribution >= 0.6 is 0 Å². The third kappa shape index (κ3) is 76.4. The molecule has 0 aliphatic rings. The summed E-state index contributed by atoms with van der Waals surface area (Å²) in [5, 5.41) is 13.9. The molecule has 0 aromatic heterocycles. The van der Waals surface area contributed by atoms with Crippen molar-refractivity contribution in [3.8, 4) is 0 Å². The number of hydrogen-bond donors (Lipinski definition) is 2. The summed E-state index contributed by atoms with van der Waals surface area (Å²) >= 11 is 0. The molecule has 0 saturated carbocycles. The van der Waals surface area contributed by atoms with Gasteiger partial charge in [0.2, 0.25) is 0 Å². The van der Waals surface area contributed by atoms with Crippen LogP contribution in [-0.2, 0) is 0 Å². The van der Waals surface area contributed by atoms with E-state index < -0.39 is 6.16 Å². The van der Waals surface area contributed by atoms with E-state index in [4.69, 9.17) is 15.0 Å². The molecule has 0 rings (SSSR count). The minimum absolute atomic E-state index is 0. The van der Waals surface area contributed by atoms with Crippen molar-refractivity contribution in [2.75, 3.05) is 0 Å². The van der Waals surface area contributed by atoms with E-state index in [1.54, 1.807) is 0 Å². The standard InChI is InChI=1S/CH2O3.Mg.Na/c2-1(3)4;;/h(H2,2,3,4);;/q;+2;+1. The van der Waals surface area contributed by atoms with Gasteiger partial charge in [-0.2, -0.15) is 0 Å². The van der Waals surface area contributed by atoms with Crippen molar-refractivity contribution in [1.82, 2.24) is 0 Å². The van der Waals surface area contributed by atoms with Crippen molar-refractivity contribution < 1.29 is 44.6 Å². The zero-order valence-corrected chi connectivity index (χ0v) is 6.92. The number of carbonyl (C=O) groups is 1. The molecular weight excluding hydrogens is 107 g/mol. The van der Waals surface area contributed by atoms with E-state index in [-0.39, 0.29) is 52.6 Å². The van der Waals surface area contributed by atoms with Crippen LogP contribution in [0, 0.1) is 0 Å². The Bertz CT molecular complexity index is 33.8. The molecule has 0 amide bonds. The van der Waals surface area contributed by atoms with E-state index in [0.29, 0.717) is 0 Å². The molecule has 0 radical (unpaired) electrons. The van der Waals surface area contributed by atoms with E-state index in [1.165, 1.54) is 0 Å². The van der Waals surface area contributed by atoms with Gasteiger partial charge in [-0.15, -0.1) is 0 Å². The number of carboxylic acid groups (broad SMARTS) is 2. The van der Waals surface area contributed by atoms with Gasteiger partial charge in [0.25, 0.3) is 0 Å². The zero-order valence-electron chi connectivity index (χ0n) is 3.51. The second-order valence-electron chi connectivity index (χ2n) is 0.283. The average Bonchev–Trinajstić information content (AvgIpc) is 0.811. The summed E-state index contributed by atoms with van der Waals surface area (Å²) in [4.78, 5) is 8.56. The van der Waals surface area contributed by atoms with Crippen LogP contribution < -0.4 is 29.6 Å². The quantitative estimate of drug-likeness (QED) is 0.323. The van der Waals surface area contributed by atoms with Crippen LogP contribution in [0.3, 0.4) is 0 Å². The van der Waals surface area contributed by atoms with E-state index in [0.717, 1.165) is 0 Å². The molecule has 0 aliphatic heterocycles. The van der Waals surface area contributed by atoms with Gasteiger partial charge in [-0.25, -0.2) is 4.79 Å². The molecule has 0 fully saturated rings. The molecular formula is CH2MgNaO3+3. The molecule has 0 spiro atoms. The van der Waals surface area contributed by atoms with Crippen LogP contribution in [0.15, 0.2) is 0 Å². The van der Waals surface area contributed by atoms with Gasteiger partial charge in [0.1, 0.15) is 0 Å². The summed E-state index contributed by atoms with van der Waals surface area (Å²) in [6.07, 6.45) is -1.83. The third-order valence-corrected chi connectivity index (χ3v) is 0. The van der Waals surface area contributed by atoms with Gasteiger partial charge in [0.05, 0.1) is 0 Å². The predicted octanol–water partition coefficient (Wildman–Crippen LogP) is -3.15. The van der Waals surface area contributed by atoms with Gasteiger partial charge in [0, 0.05) is 0 Å². The second-order valence-corrected chi connectivity index (χ2v) is 0.283. The SMILES string of the molecule is O=C(O)O.[Mg+2].[Na+]. The summed E-state index contributed by atoms with van der Waals surface area (Å²) in [6, 6.07) is 0. The molecule has 0 aliphatic carbocycles. The molecule has 3 nitrogen and oxygen atoms in total. The molecule has 0 atom stereocenters. The molecule has 0 aromatic rings. The molecule has 0 saturated heterocycles. The molecule has 0 unspecified atom stereocenters. The maximum absolute atomic E-state index is 8.56. The van der Waals surface area contributed by atoms with Crippen LogP contribution in [-0.4, -0.2) is 39.4 Å². The Labute approximate surface area is 73.2 Å². The van der Waals surface area contributed by atoms with Crippen molar-refractivity contribution >= 4 is 29.2 Å². The van der Waals surface area contributed by atoms with Crippen LogP contribution in [0.4, 0.5) is 4.79 Å². The van der Waals surface area contributed by atoms with Crippen LogP contribution in [0.25, 0.3) is 0 Å². The normalized spacial score (nSPS) is 4.00. The molecule has 0 bridgehead atoms. The van der Waals surface area contributed by atoms with Gasteiger partial charge < -0.3 is 10.2 Å². The van der Waals surface area contributed by atoms with Crippen LogP contribution in [0.5, 0.6) is 0 Å². The van der Waals surface area contributed by atoms with Crippen molar-refractivity contribution in [3.05, 3.63) is 0 Å². The van der Waals surface area contributed by atoms with Gasteiger partial charge in [-0.1, -0.05) is 0 Å². The summed E-state index contributed by atoms with van der Waals surface area (Å²) in [6.45, 7) is 0. The molecule has 2 N–H and O–H groups in total. The van der Waals surface area contributed by atoms with E-state index in [2.05, 4.69) is 0 Å². The Morgan fingerprint density at radius 2 is 1.33 bits per heavy atom. The first-order valence-electron chi connectivity index (χ1n) is 0.651. The van der Waals surface area contributed by atoms with Crippen molar-refractivity contribution in [3.63, 3.8) is 0 Å². The fourth-order valence-corrected chi connectivity index (χ4v) is 0. The average molecular weight is 109 g/mol. The summed E-state index contributed by atoms with van der Waals surface area (Å²) in [5.74, 6) is 0. The minimum Gasteiger partial charge on any atom is -0.450 e. The Balaban J connectivity index is -0.0000000450. The molecule has 6 heavy (non-hydrogen) atoms. The van der Waals surface area contributed by atoms with Gasteiger partial charge in [0.15, 0.2) is 0 Å². The van der Waals surface area contributed by atoms with Gasteiger partial charge in [-0.05, 0) is 0 Å².